The molecule has 0 unspecified atom stereocenters. The highest BCUT2D eigenvalue weighted by atomic mass is 14.3. The Kier molecular flexibility index (Phi) is 6.50. The highest BCUT2D eigenvalue weighted by Gasteiger charge is 2.37. The van der Waals surface area contributed by atoms with Gasteiger partial charge in [-0.25, -0.2) is 0 Å². The largest absolute Gasteiger partial charge is 0.244 e. The Balaban J connectivity index is 1.38. The maximum atomic E-state index is 10.7. The van der Waals surface area contributed by atoms with Crippen molar-refractivity contribution in [2.45, 2.75) is 0 Å². The van der Waals surface area contributed by atoms with E-state index in [9.17, 15) is 10.5 Å². The highest BCUT2D eigenvalue weighted by molar-refractivity contribution is 7.00. The van der Waals surface area contributed by atoms with Gasteiger partial charge < -0.3 is 0 Å². The molecular weight excluding hydrogens is 578 g/mol. The first-order valence-electron chi connectivity index (χ1n) is 16.3. The van der Waals surface area contributed by atoms with E-state index in [1.54, 1.807) is 0 Å². The Labute approximate surface area is 281 Å². The zero-order valence-electron chi connectivity index (χ0n) is 26.1. The predicted octanol–water partition coefficient (Wildman–Crippen LogP) is 5.76. The Morgan fingerprint density at radius 1 is 0.292 bits per heavy atom. The third-order valence-electron chi connectivity index (χ3n) is 10.2. The average Bonchev–Trinajstić information content (AvgIpc) is 3.36. The molecule has 9 rings (SSSR count). The van der Waals surface area contributed by atoms with E-state index in [1.807, 2.05) is 6.07 Å². The lowest BCUT2D eigenvalue weighted by molar-refractivity contribution is 1.47. The molecule has 0 atom stereocenters. The van der Waals surface area contributed by atoms with Gasteiger partial charge in [0.15, 0.2) is 0 Å². The molecule has 0 fully saturated rings. The van der Waals surface area contributed by atoms with Gasteiger partial charge in [-0.05, 0) is 50.6 Å². The Morgan fingerprint density at radius 3 is 0.812 bits per heavy atom. The van der Waals surface area contributed by atoms with E-state index in [0.29, 0.717) is 11.1 Å². The van der Waals surface area contributed by atoms with Gasteiger partial charge in [0, 0.05) is 11.1 Å². The van der Waals surface area contributed by atoms with Crippen LogP contribution in [0, 0.1) is 22.7 Å². The zero-order valence-corrected chi connectivity index (χ0v) is 26.1. The fourth-order valence-corrected chi connectivity index (χ4v) is 8.19. The van der Waals surface area contributed by atoms with Crippen LogP contribution in [0.25, 0.3) is 44.5 Å². The molecular formula is C44H26B2N2. The third kappa shape index (κ3) is 4.14. The molecule has 2 aliphatic heterocycles. The molecule has 0 aliphatic carbocycles. The number of hydrogen-bond donors (Lipinski definition) is 0. The van der Waals surface area contributed by atoms with Crippen LogP contribution in [0.3, 0.4) is 0 Å². The van der Waals surface area contributed by atoms with E-state index in [-0.39, 0.29) is 13.4 Å². The SMILES string of the molecule is N#Cc1cc(C#N)c(B2c3ccccc3-c3ccccc3-c3ccccc32)cc1B1c2ccccc2-c2ccccc2-c2ccccc21. The first kappa shape index (κ1) is 27.9. The van der Waals surface area contributed by atoms with E-state index in [1.165, 1.54) is 22.3 Å². The van der Waals surface area contributed by atoms with Gasteiger partial charge in [0.05, 0.1) is 12.1 Å². The maximum absolute atomic E-state index is 10.7. The van der Waals surface area contributed by atoms with Crippen molar-refractivity contribution in [3.8, 4) is 56.6 Å². The van der Waals surface area contributed by atoms with Crippen molar-refractivity contribution < 1.29 is 0 Å². The summed E-state index contributed by atoms with van der Waals surface area (Å²) in [5.41, 5.74) is 16.8. The maximum Gasteiger partial charge on any atom is 0.244 e. The van der Waals surface area contributed by atoms with Crippen LogP contribution in [-0.2, 0) is 0 Å². The molecule has 218 valence electrons. The number of hydrogen-bond acceptors (Lipinski definition) is 2. The van der Waals surface area contributed by atoms with Crippen LogP contribution in [0.4, 0.5) is 0 Å². The topological polar surface area (TPSA) is 47.6 Å². The fraction of sp³-hybridized carbons (Fsp3) is 0. The summed E-state index contributed by atoms with van der Waals surface area (Å²) >= 11 is 0. The number of rotatable bonds is 2. The van der Waals surface area contributed by atoms with Crippen molar-refractivity contribution in [1.29, 1.82) is 10.5 Å². The van der Waals surface area contributed by atoms with Gasteiger partial charge in [-0.3, -0.25) is 0 Å². The van der Waals surface area contributed by atoms with E-state index in [4.69, 9.17) is 0 Å². The van der Waals surface area contributed by atoms with Gasteiger partial charge in [0.2, 0.25) is 13.4 Å². The molecule has 0 bridgehead atoms. The van der Waals surface area contributed by atoms with Crippen LogP contribution in [0.2, 0.25) is 0 Å². The molecule has 0 saturated heterocycles. The summed E-state index contributed by atoms with van der Waals surface area (Å²) in [6, 6.07) is 60.5. The van der Waals surface area contributed by atoms with Crippen molar-refractivity contribution in [2.75, 3.05) is 0 Å². The molecule has 0 saturated carbocycles. The minimum Gasteiger partial charge on any atom is -0.192 e. The summed E-state index contributed by atoms with van der Waals surface area (Å²) in [6.45, 7) is -0.446. The smallest absolute Gasteiger partial charge is 0.192 e. The molecule has 4 heteroatoms. The van der Waals surface area contributed by atoms with E-state index >= 15 is 0 Å². The van der Waals surface area contributed by atoms with Gasteiger partial charge in [0.25, 0.3) is 0 Å². The molecule has 0 spiro atoms. The second-order valence-corrected chi connectivity index (χ2v) is 12.6. The van der Waals surface area contributed by atoms with Gasteiger partial charge in [0.1, 0.15) is 0 Å². The highest BCUT2D eigenvalue weighted by Crippen LogP contribution is 2.35. The van der Waals surface area contributed by atoms with Crippen LogP contribution in [0.5, 0.6) is 0 Å². The molecule has 48 heavy (non-hydrogen) atoms. The monoisotopic (exact) mass is 604 g/mol. The molecule has 2 nitrogen and oxygen atoms in total. The van der Waals surface area contributed by atoms with Crippen LogP contribution < -0.4 is 32.8 Å². The van der Waals surface area contributed by atoms with Crippen LogP contribution in [0.1, 0.15) is 11.1 Å². The molecule has 0 aromatic heterocycles. The lowest BCUT2D eigenvalue weighted by Gasteiger charge is -2.24. The van der Waals surface area contributed by atoms with Crippen molar-refractivity contribution in [2.24, 2.45) is 0 Å². The second kappa shape index (κ2) is 11.2. The Morgan fingerprint density at radius 2 is 0.542 bits per heavy atom. The van der Waals surface area contributed by atoms with E-state index in [2.05, 4.69) is 164 Å². The molecule has 0 N–H and O–H groups in total. The van der Waals surface area contributed by atoms with Gasteiger partial charge in [-0.1, -0.05) is 184 Å². The summed E-state index contributed by atoms with van der Waals surface area (Å²) in [7, 11) is 0. The quantitative estimate of drug-likeness (QED) is 0.236. The Hall–Kier alpha value is -6.35. The van der Waals surface area contributed by atoms with Crippen molar-refractivity contribution in [1.82, 2.24) is 0 Å². The molecule has 7 aromatic rings. The van der Waals surface area contributed by atoms with Crippen LogP contribution >= 0.6 is 0 Å². The minimum absolute atomic E-state index is 0.223. The average molecular weight is 604 g/mol. The number of fused-ring (bicyclic) bond motifs is 10. The van der Waals surface area contributed by atoms with Gasteiger partial charge >= 0.3 is 0 Å². The summed E-state index contributed by atoms with van der Waals surface area (Å²) in [6.07, 6.45) is 0. The molecule has 2 aliphatic rings. The number of nitrogens with zero attached hydrogens (tertiary/aromatic N) is 2. The van der Waals surface area contributed by atoms with Crippen molar-refractivity contribution in [3.05, 3.63) is 169 Å². The standard InChI is InChI=1S/C44H26B2N2/c47-27-29-25-30(28-48)44(46-41-23-11-7-19-37(41)33-15-3-4-16-34(33)38-20-8-12-24-42(38)46)26-43(29)45-39-21-9-5-17-35(39)31-13-1-2-14-32(31)36-18-6-10-22-40(36)45/h1-26H. The van der Waals surface area contributed by atoms with Gasteiger partial charge in [-0.2, -0.15) is 10.5 Å². The minimum atomic E-state index is -0.223. The summed E-state index contributed by atoms with van der Waals surface area (Å²) in [5, 5.41) is 21.5. The Bertz CT molecular complexity index is 2210. The normalized spacial score (nSPS) is 12.0. The number of benzene rings is 7. The fourth-order valence-electron chi connectivity index (χ4n) is 8.19. The lowest BCUT2D eigenvalue weighted by Crippen LogP contribution is -2.58. The first-order valence-corrected chi connectivity index (χ1v) is 16.3. The van der Waals surface area contributed by atoms with E-state index < -0.39 is 0 Å². The summed E-state index contributed by atoms with van der Waals surface area (Å²) < 4.78 is 0. The first-order chi connectivity index (χ1) is 23.8. The molecule has 0 amide bonds. The third-order valence-corrected chi connectivity index (χ3v) is 10.2. The molecule has 2 heterocycles. The summed E-state index contributed by atoms with van der Waals surface area (Å²) in [5.74, 6) is 0. The van der Waals surface area contributed by atoms with Crippen molar-refractivity contribution in [3.63, 3.8) is 0 Å². The molecule has 0 radical (unpaired) electrons. The lowest BCUT2D eigenvalue weighted by atomic mass is 9.32. The predicted molar refractivity (Wildman–Crippen MR) is 200 cm³/mol. The summed E-state index contributed by atoms with van der Waals surface area (Å²) in [4.78, 5) is 0. The van der Waals surface area contributed by atoms with Gasteiger partial charge in [-0.15, -0.1) is 0 Å². The van der Waals surface area contributed by atoms with E-state index in [0.717, 1.165) is 55.0 Å². The van der Waals surface area contributed by atoms with Crippen LogP contribution in [0.15, 0.2) is 158 Å². The number of nitriles is 2. The zero-order chi connectivity index (χ0) is 32.2. The van der Waals surface area contributed by atoms with Crippen molar-refractivity contribution >= 4 is 46.2 Å². The molecule has 7 aromatic carbocycles. The second-order valence-electron chi connectivity index (χ2n) is 12.6. The van der Waals surface area contributed by atoms with Crippen LogP contribution in [-0.4, -0.2) is 13.4 Å².